The molecule has 0 heterocycles. The van der Waals surface area contributed by atoms with E-state index in [2.05, 4.69) is 46.3 Å². The highest BCUT2D eigenvalue weighted by Crippen LogP contribution is 2.61. The Hall–Kier alpha value is -0.790. The van der Waals surface area contributed by atoms with Crippen LogP contribution in [0.5, 0.6) is 0 Å². The van der Waals surface area contributed by atoms with Crippen molar-refractivity contribution < 1.29 is 0 Å². The van der Waals surface area contributed by atoms with Crippen LogP contribution in [0.1, 0.15) is 54.7 Å². The molecule has 1 spiro atoms. The lowest BCUT2D eigenvalue weighted by Gasteiger charge is -2.54. The third-order valence-electron chi connectivity index (χ3n) is 5.63. The molecular weight excluding hydrogens is 356 g/mol. The maximum atomic E-state index is 6.29. The minimum atomic E-state index is 0.757. The average Bonchev–Trinajstić information content (AvgIpc) is 2.42. The van der Waals surface area contributed by atoms with Gasteiger partial charge in [0.1, 0.15) is 0 Å². The molecule has 4 rings (SSSR count). The van der Waals surface area contributed by atoms with E-state index in [1.807, 2.05) is 12.1 Å². The number of rotatable bonds is 3. The molecule has 0 aromatic heterocycles. The van der Waals surface area contributed by atoms with Crippen LogP contribution in [0.4, 0.5) is 0 Å². The van der Waals surface area contributed by atoms with E-state index >= 15 is 0 Å². The fourth-order valence-electron chi connectivity index (χ4n) is 4.11. The second kappa shape index (κ2) is 5.69. The van der Waals surface area contributed by atoms with Gasteiger partial charge in [0.05, 0.1) is 0 Å². The Labute approximate surface area is 146 Å². The molecule has 2 aliphatic rings. The van der Waals surface area contributed by atoms with E-state index in [1.54, 1.807) is 0 Å². The first-order chi connectivity index (χ1) is 10.6. The van der Waals surface area contributed by atoms with Gasteiger partial charge in [-0.1, -0.05) is 58.2 Å². The number of hydrogen-bond acceptors (Lipinski definition) is 0. The van der Waals surface area contributed by atoms with Crippen molar-refractivity contribution >= 4 is 27.5 Å². The third kappa shape index (κ3) is 2.74. The molecule has 2 aromatic carbocycles. The van der Waals surface area contributed by atoms with Gasteiger partial charge in [-0.2, -0.15) is 0 Å². The van der Waals surface area contributed by atoms with E-state index in [0.29, 0.717) is 0 Å². The van der Waals surface area contributed by atoms with E-state index in [9.17, 15) is 0 Å². The maximum Gasteiger partial charge on any atom is 0.0442 e. The van der Waals surface area contributed by atoms with Crippen LogP contribution in [0.15, 0.2) is 46.9 Å². The van der Waals surface area contributed by atoms with Crippen LogP contribution >= 0.6 is 27.5 Å². The van der Waals surface area contributed by atoms with Crippen molar-refractivity contribution in [2.24, 2.45) is 5.41 Å². The average molecular weight is 376 g/mol. The Morgan fingerprint density at radius 2 is 1.77 bits per heavy atom. The molecule has 22 heavy (non-hydrogen) atoms. The Morgan fingerprint density at radius 1 is 1.05 bits per heavy atom. The van der Waals surface area contributed by atoms with Crippen molar-refractivity contribution in [1.82, 2.24) is 0 Å². The molecule has 0 saturated heterocycles. The van der Waals surface area contributed by atoms with Crippen molar-refractivity contribution in [1.29, 1.82) is 0 Å². The second-order valence-corrected chi connectivity index (χ2v) is 8.44. The predicted molar refractivity (Wildman–Crippen MR) is 96.7 cm³/mol. The molecular formula is C20H20BrCl. The summed E-state index contributed by atoms with van der Waals surface area (Å²) >= 11 is 9.81. The van der Waals surface area contributed by atoms with Crippen molar-refractivity contribution in [2.45, 2.75) is 44.4 Å². The van der Waals surface area contributed by atoms with Crippen molar-refractivity contribution in [3.05, 3.63) is 68.7 Å². The standard InChI is InChI=1S/C20H20BrCl/c21-18-6-7-19(22)16(11-18)10-14-2-4-15(5-3-14)17-12-20(13-17)8-1-9-20/h2-7,11,17H,1,8-10,12-13H2. The van der Waals surface area contributed by atoms with Crippen LogP contribution in [0, 0.1) is 5.41 Å². The van der Waals surface area contributed by atoms with Gasteiger partial charge in [0.15, 0.2) is 0 Å². The Balaban J connectivity index is 1.44. The van der Waals surface area contributed by atoms with Crippen LogP contribution in [0.3, 0.4) is 0 Å². The monoisotopic (exact) mass is 374 g/mol. The van der Waals surface area contributed by atoms with Gasteiger partial charge in [0, 0.05) is 9.50 Å². The molecule has 2 aliphatic carbocycles. The molecule has 0 amide bonds. The highest BCUT2D eigenvalue weighted by molar-refractivity contribution is 9.10. The molecule has 0 aliphatic heterocycles. The predicted octanol–water partition coefficient (Wildman–Crippen LogP) is 6.74. The first kappa shape index (κ1) is 14.8. The summed E-state index contributed by atoms with van der Waals surface area (Å²) in [5.74, 6) is 0.809. The largest absolute Gasteiger partial charge is 0.0840 e. The summed E-state index contributed by atoms with van der Waals surface area (Å²) in [4.78, 5) is 0. The lowest BCUT2D eigenvalue weighted by molar-refractivity contribution is 0.00900. The van der Waals surface area contributed by atoms with Crippen LogP contribution in [-0.2, 0) is 6.42 Å². The fraction of sp³-hybridized carbons (Fsp3) is 0.400. The summed E-state index contributed by atoms with van der Waals surface area (Å²) in [6.45, 7) is 0. The van der Waals surface area contributed by atoms with Crippen LogP contribution in [-0.4, -0.2) is 0 Å². The van der Waals surface area contributed by atoms with Gasteiger partial charge in [-0.3, -0.25) is 0 Å². The van der Waals surface area contributed by atoms with Crippen molar-refractivity contribution in [3.63, 3.8) is 0 Å². The van der Waals surface area contributed by atoms with Gasteiger partial charge in [-0.25, -0.2) is 0 Å². The molecule has 2 heteroatoms. The molecule has 2 aromatic rings. The van der Waals surface area contributed by atoms with E-state index in [4.69, 9.17) is 11.6 Å². The summed E-state index contributed by atoms with van der Waals surface area (Å²) in [7, 11) is 0. The molecule has 0 radical (unpaired) electrons. The van der Waals surface area contributed by atoms with Gasteiger partial charge < -0.3 is 0 Å². The number of benzene rings is 2. The fourth-order valence-corrected chi connectivity index (χ4v) is 4.71. The zero-order chi connectivity index (χ0) is 15.2. The van der Waals surface area contributed by atoms with Gasteiger partial charge in [-0.15, -0.1) is 0 Å². The molecule has 0 unspecified atom stereocenters. The van der Waals surface area contributed by atoms with E-state index in [0.717, 1.165) is 27.2 Å². The minimum Gasteiger partial charge on any atom is -0.0840 e. The van der Waals surface area contributed by atoms with Crippen LogP contribution in [0.25, 0.3) is 0 Å². The molecule has 114 valence electrons. The van der Waals surface area contributed by atoms with Gasteiger partial charge in [0.2, 0.25) is 0 Å². The first-order valence-corrected chi connectivity index (χ1v) is 9.33. The maximum absolute atomic E-state index is 6.29. The summed E-state index contributed by atoms with van der Waals surface area (Å²) in [6.07, 6.45) is 8.14. The topological polar surface area (TPSA) is 0 Å². The first-order valence-electron chi connectivity index (χ1n) is 8.16. The summed E-state index contributed by atoms with van der Waals surface area (Å²) in [5.41, 5.74) is 4.80. The Kier molecular flexibility index (Phi) is 3.82. The zero-order valence-electron chi connectivity index (χ0n) is 12.6. The molecule has 0 nitrogen and oxygen atoms in total. The molecule has 0 bridgehead atoms. The van der Waals surface area contributed by atoms with E-state index in [1.165, 1.54) is 48.8 Å². The summed E-state index contributed by atoms with van der Waals surface area (Å²) < 4.78 is 1.09. The normalized spacial score (nSPS) is 19.7. The number of halogens is 2. The third-order valence-corrected chi connectivity index (χ3v) is 6.49. The van der Waals surface area contributed by atoms with Gasteiger partial charge >= 0.3 is 0 Å². The van der Waals surface area contributed by atoms with Crippen molar-refractivity contribution in [2.75, 3.05) is 0 Å². The Morgan fingerprint density at radius 3 is 2.41 bits per heavy atom. The van der Waals surface area contributed by atoms with Crippen LogP contribution < -0.4 is 0 Å². The quantitative estimate of drug-likeness (QED) is 0.557. The second-order valence-electron chi connectivity index (χ2n) is 7.11. The molecule has 2 saturated carbocycles. The van der Waals surface area contributed by atoms with Crippen LogP contribution in [0.2, 0.25) is 5.02 Å². The highest BCUT2D eigenvalue weighted by atomic mass is 79.9. The van der Waals surface area contributed by atoms with E-state index < -0.39 is 0 Å². The molecule has 0 N–H and O–H groups in total. The molecule has 2 fully saturated rings. The zero-order valence-corrected chi connectivity index (χ0v) is 15.0. The van der Waals surface area contributed by atoms with Crippen molar-refractivity contribution in [3.8, 4) is 0 Å². The lowest BCUT2D eigenvalue weighted by Crippen LogP contribution is -2.41. The SMILES string of the molecule is Clc1ccc(Br)cc1Cc1ccc(C2CC3(CCC3)C2)cc1. The van der Waals surface area contributed by atoms with Gasteiger partial charge in [-0.05, 0) is 78.3 Å². The smallest absolute Gasteiger partial charge is 0.0442 e. The minimum absolute atomic E-state index is 0.757. The highest BCUT2D eigenvalue weighted by Gasteiger charge is 2.48. The van der Waals surface area contributed by atoms with E-state index in [-0.39, 0.29) is 0 Å². The summed E-state index contributed by atoms with van der Waals surface area (Å²) in [5, 5.41) is 0.846. The summed E-state index contributed by atoms with van der Waals surface area (Å²) in [6, 6.07) is 15.3. The van der Waals surface area contributed by atoms with Gasteiger partial charge in [0.25, 0.3) is 0 Å². The lowest BCUT2D eigenvalue weighted by atomic mass is 9.51. The number of hydrogen-bond donors (Lipinski definition) is 0. The Bertz CT molecular complexity index is 677. The molecule has 0 atom stereocenters.